The van der Waals surface area contributed by atoms with E-state index >= 15 is 0 Å². The fraction of sp³-hybridized carbons (Fsp3) is 0.600. The van der Waals surface area contributed by atoms with Crippen LogP contribution in [0.2, 0.25) is 10.0 Å². The summed E-state index contributed by atoms with van der Waals surface area (Å²) in [5.41, 5.74) is 0.442. The first-order chi connectivity index (χ1) is 8.89. The SMILES string of the molecule is CC(C)N1CCC(O)(Cc2ccc(Cl)c(Cl)c2)CC1. The van der Waals surface area contributed by atoms with Crippen LogP contribution in [0.15, 0.2) is 18.2 Å². The summed E-state index contributed by atoms with van der Waals surface area (Å²) in [4.78, 5) is 2.41. The van der Waals surface area contributed by atoms with E-state index < -0.39 is 5.60 Å². The van der Waals surface area contributed by atoms with Gasteiger partial charge in [0.15, 0.2) is 0 Å². The monoisotopic (exact) mass is 301 g/mol. The number of aliphatic hydroxyl groups is 1. The summed E-state index contributed by atoms with van der Waals surface area (Å²) in [6, 6.07) is 6.15. The maximum atomic E-state index is 10.7. The van der Waals surface area contributed by atoms with E-state index in [1.54, 1.807) is 6.07 Å². The molecule has 1 aromatic rings. The fourth-order valence-corrected chi connectivity index (χ4v) is 2.98. The molecule has 0 saturated carbocycles. The van der Waals surface area contributed by atoms with E-state index in [1.807, 2.05) is 12.1 Å². The van der Waals surface area contributed by atoms with E-state index in [0.29, 0.717) is 22.5 Å². The molecule has 0 amide bonds. The van der Waals surface area contributed by atoms with E-state index in [0.717, 1.165) is 31.5 Å². The van der Waals surface area contributed by atoms with Crippen molar-refractivity contribution in [1.29, 1.82) is 0 Å². The number of hydrogen-bond donors (Lipinski definition) is 1. The number of hydrogen-bond acceptors (Lipinski definition) is 2. The summed E-state index contributed by atoms with van der Waals surface area (Å²) < 4.78 is 0. The largest absolute Gasteiger partial charge is 0.389 e. The van der Waals surface area contributed by atoms with E-state index in [-0.39, 0.29) is 0 Å². The Morgan fingerprint density at radius 1 is 1.21 bits per heavy atom. The Hall–Kier alpha value is -0.280. The summed E-state index contributed by atoms with van der Waals surface area (Å²) in [5, 5.41) is 11.8. The maximum absolute atomic E-state index is 10.7. The third kappa shape index (κ3) is 3.85. The van der Waals surface area contributed by atoms with Gasteiger partial charge in [-0.15, -0.1) is 0 Å². The van der Waals surface area contributed by atoms with Crippen LogP contribution in [-0.2, 0) is 6.42 Å². The minimum absolute atomic E-state index is 0.550. The van der Waals surface area contributed by atoms with Gasteiger partial charge >= 0.3 is 0 Å². The molecule has 1 heterocycles. The van der Waals surface area contributed by atoms with Gasteiger partial charge in [-0.2, -0.15) is 0 Å². The number of likely N-dealkylation sites (tertiary alicyclic amines) is 1. The van der Waals surface area contributed by atoms with Gasteiger partial charge in [0, 0.05) is 25.6 Å². The molecule has 1 N–H and O–H groups in total. The average Bonchev–Trinajstić information content (AvgIpc) is 2.34. The Morgan fingerprint density at radius 3 is 2.37 bits per heavy atom. The highest BCUT2D eigenvalue weighted by molar-refractivity contribution is 6.42. The first kappa shape index (κ1) is 15.1. The number of benzene rings is 1. The van der Waals surface area contributed by atoms with Crippen molar-refractivity contribution < 1.29 is 5.11 Å². The second-order valence-corrected chi connectivity index (χ2v) is 6.59. The molecule has 4 heteroatoms. The van der Waals surface area contributed by atoms with E-state index in [2.05, 4.69) is 18.7 Å². The highest BCUT2D eigenvalue weighted by Crippen LogP contribution is 2.30. The summed E-state index contributed by atoms with van der Waals surface area (Å²) in [7, 11) is 0. The van der Waals surface area contributed by atoms with Crippen LogP contribution in [0.25, 0.3) is 0 Å². The van der Waals surface area contributed by atoms with Crippen molar-refractivity contribution in [2.45, 2.75) is 44.8 Å². The van der Waals surface area contributed by atoms with Crippen LogP contribution in [0.4, 0.5) is 0 Å². The molecule has 19 heavy (non-hydrogen) atoms. The number of piperidine rings is 1. The highest BCUT2D eigenvalue weighted by atomic mass is 35.5. The predicted molar refractivity (Wildman–Crippen MR) is 81.1 cm³/mol. The van der Waals surface area contributed by atoms with Crippen molar-refractivity contribution in [3.8, 4) is 0 Å². The Morgan fingerprint density at radius 2 is 1.84 bits per heavy atom. The fourth-order valence-electron chi connectivity index (χ4n) is 2.66. The van der Waals surface area contributed by atoms with Gasteiger partial charge in [0.1, 0.15) is 0 Å². The van der Waals surface area contributed by atoms with Gasteiger partial charge in [-0.1, -0.05) is 29.3 Å². The minimum Gasteiger partial charge on any atom is -0.389 e. The van der Waals surface area contributed by atoms with Crippen LogP contribution < -0.4 is 0 Å². The zero-order chi connectivity index (χ0) is 14.0. The first-order valence-corrected chi connectivity index (χ1v) is 7.56. The molecular formula is C15H21Cl2NO. The van der Waals surface area contributed by atoms with Gasteiger partial charge in [0.25, 0.3) is 0 Å². The zero-order valence-electron chi connectivity index (χ0n) is 11.5. The smallest absolute Gasteiger partial charge is 0.0712 e. The molecule has 2 nitrogen and oxygen atoms in total. The van der Waals surface area contributed by atoms with Crippen LogP contribution in [0.3, 0.4) is 0 Å². The summed E-state index contributed by atoms with van der Waals surface area (Å²) in [5.74, 6) is 0. The molecule has 106 valence electrons. The Kier molecular flexibility index (Phi) is 4.78. The molecule has 0 unspecified atom stereocenters. The van der Waals surface area contributed by atoms with E-state index in [4.69, 9.17) is 23.2 Å². The van der Waals surface area contributed by atoms with Crippen molar-refractivity contribution in [1.82, 2.24) is 4.90 Å². The van der Waals surface area contributed by atoms with Gasteiger partial charge in [0.05, 0.1) is 15.6 Å². The van der Waals surface area contributed by atoms with Gasteiger partial charge in [-0.25, -0.2) is 0 Å². The Labute approximate surface area is 125 Å². The second kappa shape index (κ2) is 6.01. The number of nitrogens with zero attached hydrogens (tertiary/aromatic N) is 1. The third-order valence-electron chi connectivity index (χ3n) is 3.98. The highest BCUT2D eigenvalue weighted by Gasteiger charge is 2.33. The standard InChI is InChI=1S/C15H21Cl2NO/c1-11(2)18-7-5-15(19,6-8-18)10-12-3-4-13(16)14(17)9-12/h3-4,9,11,19H,5-8,10H2,1-2H3. The quantitative estimate of drug-likeness (QED) is 0.918. The van der Waals surface area contributed by atoms with Crippen LogP contribution in [0, 0.1) is 0 Å². The lowest BCUT2D eigenvalue weighted by molar-refractivity contribution is -0.0271. The average molecular weight is 302 g/mol. The number of rotatable bonds is 3. The van der Waals surface area contributed by atoms with Gasteiger partial charge < -0.3 is 10.0 Å². The zero-order valence-corrected chi connectivity index (χ0v) is 13.0. The van der Waals surface area contributed by atoms with Gasteiger partial charge in [0.2, 0.25) is 0 Å². The lowest BCUT2D eigenvalue weighted by Crippen LogP contribution is -2.47. The molecule has 2 rings (SSSR count). The lowest BCUT2D eigenvalue weighted by atomic mass is 9.85. The van der Waals surface area contributed by atoms with Crippen LogP contribution in [-0.4, -0.2) is 34.7 Å². The van der Waals surface area contributed by atoms with Crippen LogP contribution in [0.5, 0.6) is 0 Å². The molecule has 0 bridgehead atoms. The normalized spacial score (nSPS) is 19.9. The molecule has 0 aromatic heterocycles. The molecule has 0 atom stereocenters. The minimum atomic E-state index is -0.609. The Balaban J connectivity index is 2.00. The molecule has 0 spiro atoms. The lowest BCUT2D eigenvalue weighted by Gasteiger charge is -2.40. The van der Waals surface area contributed by atoms with Crippen molar-refractivity contribution >= 4 is 23.2 Å². The molecule has 1 fully saturated rings. The van der Waals surface area contributed by atoms with Crippen molar-refractivity contribution in [3.63, 3.8) is 0 Å². The predicted octanol–water partition coefficient (Wildman–Crippen LogP) is 3.77. The second-order valence-electron chi connectivity index (χ2n) is 5.78. The molecule has 0 aliphatic carbocycles. The Bertz CT molecular complexity index is 440. The first-order valence-electron chi connectivity index (χ1n) is 6.80. The van der Waals surface area contributed by atoms with Crippen molar-refractivity contribution in [2.75, 3.05) is 13.1 Å². The van der Waals surface area contributed by atoms with Gasteiger partial charge in [-0.05, 0) is 44.4 Å². The molecule has 1 aliphatic rings. The summed E-state index contributed by atoms with van der Waals surface area (Å²) in [6.45, 7) is 6.30. The molecule has 0 radical (unpaired) electrons. The van der Waals surface area contributed by atoms with Crippen LogP contribution in [0.1, 0.15) is 32.3 Å². The van der Waals surface area contributed by atoms with Crippen molar-refractivity contribution in [2.24, 2.45) is 0 Å². The molecule has 1 aliphatic heterocycles. The molecule has 1 aromatic carbocycles. The van der Waals surface area contributed by atoms with E-state index in [1.165, 1.54) is 0 Å². The van der Waals surface area contributed by atoms with E-state index in [9.17, 15) is 5.11 Å². The topological polar surface area (TPSA) is 23.5 Å². The third-order valence-corrected chi connectivity index (χ3v) is 4.72. The number of halogens is 2. The maximum Gasteiger partial charge on any atom is 0.0712 e. The van der Waals surface area contributed by atoms with Crippen LogP contribution >= 0.6 is 23.2 Å². The van der Waals surface area contributed by atoms with Gasteiger partial charge in [-0.3, -0.25) is 0 Å². The summed E-state index contributed by atoms with van der Waals surface area (Å²) in [6.07, 6.45) is 2.27. The van der Waals surface area contributed by atoms with Crippen molar-refractivity contribution in [3.05, 3.63) is 33.8 Å². The molecule has 1 saturated heterocycles. The summed E-state index contributed by atoms with van der Waals surface area (Å²) >= 11 is 11.9. The molecular weight excluding hydrogens is 281 g/mol.